The summed E-state index contributed by atoms with van der Waals surface area (Å²) in [6.07, 6.45) is 5.55. The first-order chi connectivity index (χ1) is 8.76. The van der Waals surface area contributed by atoms with Gasteiger partial charge in [-0.15, -0.1) is 0 Å². The van der Waals surface area contributed by atoms with Gasteiger partial charge in [0.1, 0.15) is 0 Å². The van der Waals surface area contributed by atoms with Crippen LogP contribution >= 0.6 is 0 Å². The number of ether oxygens (including phenoxy) is 1. The Balaban J connectivity index is 2.44. The molecule has 1 N–H and O–H groups in total. The molecule has 94 valence electrons. The molecule has 1 aromatic heterocycles. The Morgan fingerprint density at radius 3 is 3.06 bits per heavy atom. The average Bonchev–Trinajstić information content (AvgIpc) is 2.38. The van der Waals surface area contributed by atoms with Crippen molar-refractivity contribution in [3.05, 3.63) is 42.1 Å². The molecule has 0 saturated carbocycles. The van der Waals surface area contributed by atoms with Gasteiger partial charge in [0.15, 0.2) is 5.82 Å². The second-order valence-electron chi connectivity index (χ2n) is 4.00. The van der Waals surface area contributed by atoms with Gasteiger partial charge >= 0.3 is 0 Å². The molecule has 0 spiro atoms. The molecule has 2 heterocycles. The number of rotatable bonds is 3. The number of hydrogen-bond donors (Lipinski definition) is 1. The van der Waals surface area contributed by atoms with Crippen LogP contribution in [0, 0.1) is 0 Å². The molecule has 0 aromatic carbocycles. The topological polar surface area (TPSA) is 59.4 Å². The van der Waals surface area contributed by atoms with E-state index in [9.17, 15) is 0 Å². The van der Waals surface area contributed by atoms with Crippen molar-refractivity contribution in [1.29, 1.82) is 0 Å². The van der Waals surface area contributed by atoms with E-state index >= 15 is 0 Å². The fourth-order valence-electron chi connectivity index (χ4n) is 1.90. The monoisotopic (exact) mass is 244 g/mol. The smallest absolute Gasteiger partial charge is 0.152 e. The van der Waals surface area contributed by atoms with Gasteiger partial charge in [-0.25, -0.2) is 4.98 Å². The van der Waals surface area contributed by atoms with Gasteiger partial charge in [-0.2, -0.15) is 0 Å². The molecule has 0 aliphatic carbocycles. The lowest BCUT2D eigenvalue weighted by Gasteiger charge is -2.22. The Labute approximate surface area is 106 Å². The van der Waals surface area contributed by atoms with Crippen molar-refractivity contribution in [2.75, 3.05) is 19.0 Å². The van der Waals surface area contributed by atoms with Crippen molar-refractivity contribution < 1.29 is 4.74 Å². The minimum Gasteiger partial charge on any atom is -0.380 e. The Bertz CT molecular complexity index is 519. The van der Waals surface area contributed by atoms with Gasteiger partial charge in [0.2, 0.25) is 0 Å². The zero-order valence-electron chi connectivity index (χ0n) is 10.6. The maximum Gasteiger partial charge on any atom is 0.152 e. The summed E-state index contributed by atoms with van der Waals surface area (Å²) in [5.41, 5.74) is 3.83. The highest BCUT2D eigenvalue weighted by Gasteiger charge is 2.21. The number of anilines is 1. The first kappa shape index (κ1) is 12.4. The van der Waals surface area contributed by atoms with Gasteiger partial charge in [-0.1, -0.05) is 6.58 Å². The first-order valence-corrected chi connectivity index (χ1v) is 5.69. The minimum absolute atomic E-state index is 0.550. The molecule has 0 radical (unpaired) electrons. The molecule has 0 unspecified atom stereocenters. The van der Waals surface area contributed by atoms with Crippen LogP contribution in [0.25, 0.3) is 0 Å². The predicted octanol–water partition coefficient (Wildman–Crippen LogP) is 1.95. The standard InChI is InChI=1S/C13H16N4O/c1-4-14-10-7-11-13(16-6-5-15-11)17-12(10)9(2)8-18-3/h4-6H,1,7-8H2,2-3H3,(H,16,17)/b12-9-,14-10?. The summed E-state index contributed by atoms with van der Waals surface area (Å²) < 4.78 is 5.16. The molecule has 0 bridgehead atoms. The number of methoxy groups -OCH3 is 1. The molecule has 5 heteroatoms. The van der Waals surface area contributed by atoms with Gasteiger partial charge < -0.3 is 10.1 Å². The summed E-state index contributed by atoms with van der Waals surface area (Å²) in [6, 6.07) is 0. The van der Waals surface area contributed by atoms with E-state index < -0.39 is 0 Å². The maximum absolute atomic E-state index is 5.16. The molecule has 0 saturated heterocycles. The molecule has 1 aliphatic heterocycles. The number of aromatic nitrogens is 2. The van der Waals surface area contributed by atoms with Crippen molar-refractivity contribution in [3.63, 3.8) is 0 Å². The van der Waals surface area contributed by atoms with Crippen LogP contribution in [0.5, 0.6) is 0 Å². The molecule has 1 aromatic rings. The van der Waals surface area contributed by atoms with Gasteiger partial charge in [-0.3, -0.25) is 9.98 Å². The average molecular weight is 244 g/mol. The highest BCUT2D eigenvalue weighted by molar-refractivity contribution is 6.06. The number of allylic oxidation sites excluding steroid dienone is 1. The largest absolute Gasteiger partial charge is 0.380 e. The number of nitrogens with one attached hydrogen (secondary N) is 1. The predicted molar refractivity (Wildman–Crippen MR) is 71.6 cm³/mol. The van der Waals surface area contributed by atoms with Crippen molar-refractivity contribution in [3.8, 4) is 0 Å². The van der Waals surface area contributed by atoms with E-state index in [1.165, 1.54) is 0 Å². The van der Waals surface area contributed by atoms with E-state index in [1.54, 1.807) is 25.7 Å². The second kappa shape index (κ2) is 5.55. The lowest BCUT2D eigenvalue weighted by Crippen LogP contribution is -2.25. The van der Waals surface area contributed by atoms with Gasteiger partial charge in [-0.05, 0) is 12.5 Å². The van der Waals surface area contributed by atoms with Crippen molar-refractivity contribution in [1.82, 2.24) is 9.97 Å². The molecule has 0 fully saturated rings. The molecular formula is C13H16N4O. The van der Waals surface area contributed by atoms with Crippen LogP contribution in [0.3, 0.4) is 0 Å². The lowest BCUT2D eigenvalue weighted by atomic mass is 10.0. The van der Waals surface area contributed by atoms with Crippen LogP contribution in [-0.4, -0.2) is 29.4 Å². The van der Waals surface area contributed by atoms with Crippen LogP contribution in [0.15, 0.2) is 41.4 Å². The zero-order valence-corrected chi connectivity index (χ0v) is 10.6. The molecule has 18 heavy (non-hydrogen) atoms. The second-order valence-corrected chi connectivity index (χ2v) is 4.00. The zero-order chi connectivity index (χ0) is 13.0. The van der Waals surface area contributed by atoms with Gasteiger partial charge in [0.05, 0.1) is 23.7 Å². The summed E-state index contributed by atoms with van der Waals surface area (Å²) in [7, 11) is 1.67. The third-order valence-electron chi connectivity index (χ3n) is 2.68. The quantitative estimate of drug-likeness (QED) is 0.882. The summed E-state index contributed by atoms with van der Waals surface area (Å²) in [5.74, 6) is 0.783. The fourth-order valence-corrected chi connectivity index (χ4v) is 1.90. The first-order valence-electron chi connectivity index (χ1n) is 5.69. The summed E-state index contributed by atoms with van der Waals surface area (Å²) in [4.78, 5) is 12.9. The fraction of sp³-hybridized carbons (Fsp3) is 0.308. The van der Waals surface area contributed by atoms with Crippen molar-refractivity contribution in [2.24, 2.45) is 4.99 Å². The lowest BCUT2D eigenvalue weighted by molar-refractivity contribution is 0.225. The highest BCUT2D eigenvalue weighted by Crippen LogP contribution is 2.23. The van der Waals surface area contributed by atoms with Crippen LogP contribution in [0.1, 0.15) is 12.6 Å². The van der Waals surface area contributed by atoms with Crippen molar-refractivity contribution >= 4 is 11.5 Å². The van der Waals surface area contributed by atoms with Crippen LogP contribution in [0.4, 0.5) is 5.82 Å². The molecule has 0 atom stereocenters. The third kappa shape index (κ3) is 2.46. The summed E-state index contributed by atoms with van der Waals surface area (Å²) >= 11 is 0. The van der Waals surface area contributed by atoms with Gasteiger partial charge in [0, 0.05) is 32.1 Å². The molecular weight excluding hydrogens is 228 g/mol. The van der Waals surface area contributed by atoms with E-state index in [2.05, 4.69) is 26.9 Å². The maximum atomic E-state index is 5.16. The molecule has 5 nitrogen and oxygen atoms in total. The normalized spacial score (nSPS) is 19.1. The van der Waals surface area contributed by atoms with Crippen LogP contribution in [-0.2, 0) is 11.2 Å². The van der Waals surface area contributed by atoms with Crippen molar-refractivity contribution in [2.45, 2.75) is 13.3 Å². The Morgan fingerprint density at radius 2 is 2.33 bits per heavy atom. The van der Waals surface area contributed by atoms with E-state index in [4.69, 9.17) is 4.74 Å². The SMILES string of the molecule is C=CN=C1Cc2nccnc2N/C1=C(/C)COC. The Hall–Kier alpha value is -2.01. The number of nitrogens with zero attached hydrogens (tertiary/aromatic N) is 3. The van der Waals surface area contributed by atoms with E-state index in [0.29, 0.717) is 13.0 Å². The number of fused-ring (bicyclic) bond motifs is 1. The minimum atomic E-state index is 0.550. The van der Waals surface area contributed by atoms with Crippen LogP contribution < -0.4 is 5.32 Å². The Morgan fingerprint density at radius 1 is 1.56 bits per heavy atom. The van der Waals surface area contributed by atoms with E-state index in [-0.39, 0.29) is 0 Å². The summed E-state index contributed by atoms with van der Waals surface area (Å²) in [5, 5.41) is 3.26. The number of hydrogen-bond acceptors (Lipinski definition) is 5. The van der Waals surface area contributed by atoms with E-state index in [1.807, 2.05) is 6.92 Å². The van der Waals surface area contributed by atoms with Crippen LogP contribution in [0.2, 0.25) is 0 Å². The summed E-state index contributed by atoms with van der Waals surface area (Å²) in [6.45, 7) is 6.20. The van der Waals surface area contributed by atoms with Gasteiger partial charge in [0.25, 0.3) is 0 Å². The third-order valence-corrected chi connectivity index (χ3v) is 2.68. The molecule has 2 rings (SSSR count). The molecule has 0 amide bonds. The van der Waals surface area contributed by atoms with E-state index in [0.717, 1.165) is 28.5 Å². The molecule has 1 aliphatic rings. The highest BCUT2D eigenvalue weighted by atomic mass is 16.5. The Kier molecular flexibility index (Phi) is 3.84. The number of aliphatic imine (C=N–C) groups is 1.